The van der Waals surface area contributed by atoms with E-state index in [4.69, 9.17) is 9.47 Å². The molecule has 0 saturated heterocycles. The number of carbonyl (C=O) groups excluding carboxylic acids is 3. The Kier molecular flexibility index (Phi) is 13.2. The number of hydrogen-bond donors (Lipinski definition) is 2. The monoisotopic (exact) mass is 798 g/mol. The first-order valence-corrected chi connectivity index (χ1v) is 19.5. The average molecular weight is 799 g/mol. The van der Waals surface area contributed by atoms with Crippen LogP contribution in [0.4, 0.5) is 18.2 Å². The van der Waals surface area contributed by atoms with E-state index in [1.807, 2.05) is 41.3 Å². The van der Waals surface area contributed by atoms with E-state index in [0.29, 0.717) is 41.5 Å². The standard InChI is InChI=1S/C44H45F3N4O5S/c1-43(2)17-15-35-37(24-43)57-42(39(35)36-23-33(16-18-48-36)40(53)49-25-30-11-8-14-34(22-30)44(45,46)47)50-41(54)32-13-7-12-31(21-32)26-51(19-20-55-3)27-38(52)56-28-29-9-5-4-6-10-29/h4-14,16,18,21-23H,15,17,19-20,24-28H2,1-3H3,(H,49,53)(H,50,54). The minimum atomic E-state index is -4.49. The zero-order chi connectivity index (χ0) is 40.6. The fourth-order valence-corrected chi connectivity index (χ4v) is 8.27. The van der Waals surface area contributed by atoms with Gasteiger partial charge in [-0.3, -0.25) is 24.3 Å². The second-order valence-corrected chi connectivity index (χ2v) is 16.0. The van der Waals surface area contributed by atoms with E-state index in [1.54, 1.807) is 37.4 Å². The normalized spacial score (nSPS) is 13.5. The van der Waals surface area contributed by atoms with E-state index in [0.717, 1.165) is 58.5 Å². The molecule has 0 fully saturated rings. The lowest BCUT2D eigenvalue weighted by Crippen LogP contribution is -2.33. The Balaban J connectivity index is 1.19. The van der Waals surface area contributed by atoms with Gasteiger partial charge in [-0.15, -0.1) is 11.3 Å². The molecule has 57 heavy (non-hydrogen) atoms. The van der Waals surface area contributed by atoms with Crippen molar-refractivity contribution in [2.45, 2.75) is 59.0 Å². The number of anilines is 1. The van der Waals surface area contributed by atoms with E-state index in [1.165, 1.54) is 29.7 Å². The quantitative estimate of drug-likeness (QED) is 0.102. The van der Waals surface area contributed by atoms with E-state index >= 15 is 0 Å². The molecular formula is C44H45F3N4O5S. The topological polar surface area (TPSA) is 110 Å². The number of pyridine rings is 1. The van der Waals surface area contributed by atoms with Crippen molar-refractivity contribution >= 4 is 34.1 Å². The number of fused-ring (bicyclic) bond motifs is 1. The highest BCUT2D eigenvalue weighted by molar-refractivity contribution is 7.17. The smallest absolute Gasteiger partial charge is 0.416 e. The first kappa shape index (κ1) is 41.3. The number of carbonyl (C=O) groups is 3. The molecule has 9 nitrogen and oxygen atoms in total. The molecule has 2 amide bonds. The number of thiophene rings is 1. The fraction of sp³-hybridized carbons (Fsp3) is 0.318. The van der Waals surface area contributed by atoms with E-state index in [9.17, 15) is 27.6 Å². The number of halogens is 3. The first-order chi connectivity index (χ1) is 27.3. The van der Waals surface area contributed by atoms with Crippen molar-refractivity contribution in [1.82, 2.24) is 15.2 Å². The first-order valence-electron chi connectivity index (χ1n) is 18.6. The molecule has 0 unspecified atom stereocenters. The predicted octanol–water partition coefficient (Wildman–Crippen LogP) is 8.72. The molecule has 3 aromatic carbocycles. The van der Waals surface area contributed by atoms with Gasteiger partial charge in [0.1, 0.15) is 11.6 Å². The Labute approximate surface area is 334 Å². The highest BCUT2D eigenvalue weighted by atomic mass is 32.1. The summed E-state index contributed by atoms with van der Waals surface area (Å²) < 4.78 is 50.5. The number of alkyl halides is 3. The Morgan fingerprint density at radius 3 is 2.40 bits per heavy atom. The average Bonchev–Trinajstić information content (AvgIpc) is 3.54. The minimum absolute atomic E-state index is 0.0441. The molecule has 5 aromatic rings. The molecule has 0 radical (unpaired) electrons. The lowest BCUT2D eigenvalue weighted by atomic mass is 9.76. The molecule has 2 heterocycles. The van der Waals surface area contributed by atoms with Crippen LogP contribution in [0.3, 0.4) is 0 Å². The van der Waals surface area contributed by atoms with Crippen LogP contribution in [0.1, 0.15) is 73.7 Å². The SMILES string of the molecule is COCCN(CC(=O)OCc1ccccc1)Cc1cccc(C(=O)Nc2sc3c(c2-c2cc(C(=O)NCc4cccc(C(F)(F)F)c4)ccn2)CCC(C)(C)C3)c1. The summed E-state index contributed by atoms with van der Waals surface area (Å²) in [4.78, 5) is 47.7. The summed E-state index contributed by atoms with van der Waals surface area (Å²) in [7, 11) is 1.60. The molecule has 0 saturated carbocycles. The van der Waals surface area contributed by atoms with Crippen LogP contribution in [0.15, 0.2) is 97.2 Å². The molecule has 6 rings (SSSR count). The molecule has 298 valence electrons. The van der Waals surface area contributed by atoms with Gasteiger partial charge in [-0.25, -0.2) is 0 Å². The molecule has 13 heteroatoms. The van der Waals surface area contributed by atoms with Crippen LogP contribution < -0.4 is 10.6 Å². The van der Waals surface area contributed by atoms with Gasteiger partial charge in [0.15, 0.2) is 0 Å². The number of nitrogens with one attached hydrogen (secondary N) is 2. The molecule has 0 bridgehead atoms. The lowest BCUT2D eigenvalue weighted by Gasteiger charge is -2.29. The number of esters is 1. The maximum Gasteiger partial charge on any atom is 0.416 e. The number of amides is 2. The summed E-state index contributed by atoms with van der Waals surface area (Å²) >= 11 is 1.50. The number of rotatable bonds is 15. The largest absolute Gasteiger partial charge is 0.460 e. The minimum Gasteiger partial charge on any atom is -0.460 e. The third kappa shape index (κ3) is 11.1. The lowest BCUT2D eigenvalue weighted by molar-refractivity contribution is -0.146. The van der Waals surface area contributed by atoms with Crippen molar-refractivity contribution in [2.75, 3.05) is 32.1 Å². The summed E-state index contributed by atoms with van der Waals surface area (Å²) in [6.07, 6.45) is -0.467. The zero-order valence-corrected chi connectivity index (χ0v) is 32.9. The summed E-state index contributed by atoms with van der Waals surface area (Å²) in [5.41, 5.74) is 4.37. The van der Waals surface area contributed by atoms with Gasteiger partial charge in [0, 0.05) is 54.5 Å². The summed E-state index contributed by atoms with van der Waals surface area (Å²) in [5, 5.41) is 6.48. The molecule has 1 aliphatic carbocycles. The Morgan fingerprint density at radius 2 is 1.63 bits per heavy atom. The van der Waals surface area contributed by atoms with Gasteiger partial charge in [-0.1, -0.05) is 68.4 Å². The van der Waals surface area contributed by atoms with E-state index < -0.39 is 17.6 Å². The summed E-state index contributed by atoms with van der Waals surface area (Å²) in [5.74, 6) is -1.16. The number of aromatic nitrogens is 1. The number of methoxy groups -OCH3 is 1. The molecule has 2 aromatic heterocycles. The molecule has 1 aliphatic rings. The van der Waals surface area contributed by atoms with Crippen LogP contribution in [0.2, 0.25) is 0 Å². The van der Waals surface area contributed by atoms with Crippen molar-refractivity contribution < 1.29 is 37.0 Å². The molecule has 0 spiro atoms. The number of hydrogen-bond acceptors (Lipinski definition) is 8. The van der Waals surface area contributed by atoms with Crippen molar-refractivity contribution in [1.29, 1.82) is 0 Å². The van der Waals surface area contributed by atoms with E-state index in [-0.39, 0.29) is 42.6 Å². The summed E-state index contributed by atoms with van der Waals surface area (Å²) in [6, 6.07) is 24.8. The van der Waals surface area contributed by atoms with Gasteiger partial charge in [0.25, 0.3) is 11.8 Å². The molecule has 2 N–H and O–H groups in total. The molecular weight excluding hydrogens is 754 g/mol. The number of ether oxygens (including phenoxy) is 2. The third-order valence-electron chi connectivity index (χ3n) is 9.80. The maximum atomic E-state index is 14.0. The van der Waals surface area contributed by atoms with Crippen LogP contribution >= 0.6 is 11.3 Å². The van der Waals surface area contributed by atoms with Crippen LogP contribution in [-0.2, 0) is 53.0 Å². The van der Waals surface area contributed by atoms with Crippen molar-refractivity contribution in [2.24, 2.45) is 5.41 Å². The van der Waals surface area contributed by atoms with Crippen LogP contribution in [-0.4, -0.2) is 54.5 Å². The van der Waals surface area contributed by atoms with Crippen molar-refractivity contribution in [3.63, 3.8) is 0 Å². The van der Waals surface area contributed by atoms with Gasteiger partial charge in [0.2, 0.25) is 0 Å². The van der Waals surface area contributed by atoms with Gasteiger partial charge < -0.3 is 20.1 Å². The predicted molar refractivity (Wildman–Crippen MR) is 214 cm³/mol. The third-order valence-corrected chi connectivity index (χ3v) is 10.9. The van der Waals surface area contributed by atoms with Crippen LogP contribution in [0.5, 0.6) is 0 Å². The highest BCUT2D eigenvalue weighted by Crippen LogP contribution is 2.47. The number of nitrogens with zero attached hydrogens (tertiary/aromatic N) is 2. The van der Waals surface area contributed by atoms with Gasteiger partial charge >= 0.3 is 12.1 Å². The highest BCUT2D eigenvalue weighted by Gasteiger charge is 2.32. The fourth-order valence-electron chi connectivity index (χ4n) is 6.76. The zero-order valence-electron chi connectivity index (χ0n) is 32.1. The Morgan fingerprint density at radius 1 is 0.895 bits per heavy atom. The summed E-state index contributed by atoms with van der Waals surface area (Å²) in [6.45, 7) is 5.82. The van der Waals surface area contributed by atoms with Gasteiger partial charge in [0.05, 0.1) is 24.4 Å². The second kappa shape index (κ2) is 18.3. The maximum absolute atomic E-state index is 14.0. The Hall–Kier alpha value is -5.37. The van der Waals surface area contributed by atoms with Gasteiger partial charge in [-0.05, 0) is 83.3 Å². The molecule has 0 aliphatic heterocycles. The second-order valence-electron chi connectivity index (χ2n) is 14.9. The Bertz CT molecular complexity index is 2210. The van der Waals surface area contributed by atoms with Crippen LogP contribution in [0, 0.1) is 5.41 Å². The van der Waals surface area contributed by atoms with Crippen molar-refractivity contribution in [3.8, 4) is 11.3 Å². The van der Waals surface area contributed by atoms with Gasteiger partial charge in [-0.2, -0.15) is 13.2 Å². The molecule has 0 atom stereocenters. The number of benzene rings is 3. The van der Waals surface area contributed by atoms with Crippen LogP contribution in [0.25, 0.3) is 11.3 Å². The van der Waals surface area contributed by atoms with E-state index in [2.05, 4.69) is 29.5 Å². The van der Waals surface area contributed by atoms with Crippen molar-refractivity contribution in [3.05, 3.63) is 141 Å².